The lowest BCUT2D eigenvalue weighted by atomic mass is 10.1. The number of aryl methyl sites for hydroxylation is 1. The highest BCUT2D eigenvalue weighted by Crippen LogP contribution is 2.29. The molecule has 0 radical (unpaired) electrons. The Morgan fingerprint density at radius 1 is 1.18 bits per heavy atom. The number of halogens is 3. The summed E-state index contributed by atoms with van der Waals surface area (Å²) < 4.78 is 31.7. The van der Waals surface area contributed by atoms with Crippen molar-refractivity contribution in [3.63, 3.8) is 0 Å². The molecule has 8 nitrogen and oxygen atoms in total. The summed E-state index contributed by atoms with van der Waals surface area (Å²) in [5, 5.41) is 11.2. The van der Waals surface area contributed by atoms with Crippen LogP contribution >= 0.6 is 0 Å². The predicted octanol–water partition coefficient (Wildman–Crippen LogP) is 4.58. The van der Waals surface area contributed by atoms with Crippen LogP contribution in [0.3, 0.4) is 0 Å². The Kier molecular flexibility index (Phi) is 6.70. The lowest BCUT2D eigenvalue weighted by molar-refractivity contribution is -0.192. The van der Waals surface area contributed by atoms with Crippen molar-refractivity contribution in [2.45, 2.75) is 39.4 Å². The summed E-state index contributed by atoms with van der Waals surface area (Å²) in [6, 6.07) is 9.92. The number of aliphatic carboxylic acids is 1. The summed E-state index contributed by atoms with van der Waals surface area (Å²) in [5.74, 6) is -1.97. The van der Waals surface area contributed by atoms with Gasteiger partial charge in [0.05, 0.1) is 5.52 Å². The predicted molar refractivity (Wildman–Crippen MR) is 117 cm³/mol. The molecule has 0 aliphatic rings. The first kappa shape index (κ1) is 23.8. The smallest absolute Gasteiger partial charge is 0.475 e. The number of aromatic nitrogens is 4. The number of imidazole rings is 1. The van der Waals surface area contributed by atoms with Crippen LogP contribution in [0.4, 0.5) is 13.2 Å². The Balaban J connectivity index is 0.000000383. The molecule has 0 aliphatic heterocycles. The van der Waals surface area contributed by atoms with E-state index in [0.29, 0.717) is 11.2 Å². The van der Waals surface area contributed by atoms with Crippen LogP contribution < -0.4 is 5.32 Å². The van der Waals surface area contributed by atoms with E-state index in [4.69, 9.17) is 9.90 Å². The number of aromatic amines is 2. The number of benzene rings is 1. The average molecular weight is 461 g/mol. The number of alkyl halides is 3. The molecule has 1 atom stereocenters. The van der Waals surface area contributed by atoms with Crippen molar-refractivity contribution in [2.75, 3.05) is 0 Å². The number of hydrogen-bond acceptors (Lipinski definition) is 4. The fraction of sp³-hybridized carbons (Fsp3) is 0.273. The van der Waals surface area contributed by atoms with Gasteiger partial charge in [0.15, 0.2) is 5.65 Å². The molecule has 1 amide bonds. The van der Waals surface area contributed by atoms with Crippen molar-refractivity contribution in [3.05, 3.63) is 47.9 Å². The third-order valence-corrected chi connectivity index (χ3v) is 4.92. The summed E-state index contributed by atoms with van der Waals surface area (Å²) in [7, 11) is 0. The molecule has 0 bridgehead atoms. The monoisotopic (exact) mass is 461 g/mol. The van der Waals surface area contributed by atoms with Gasteiger partial charge in [0.25, 0.3) is 5.91 Å². The first-order valence-corrected chi connectivity index (χ1v) is 10.0. The number of pyridine rings is 1. The summed E-state index contributed by atoms with van der Waals surface area (Å²) in [6.07, 6.45) is -2.42. The van der Waals surface area contributed by atoms with Gasteiger partial charge in [-0.25, -0.2) is 14.8 Å². The molecular formula is C22H22F3N5O3. The lowest BCUT2D eigenvalue weighted by Gasteiger charge is -2.11. The van der Waals surface area contributed by atoms with Crippen molar-refractivity contribution in [1.29, 1.82) is 0 Å². The standard InChI is InChI=1S/C20H21N5O.C2HF3O2/c1-4-11(2)22-20(26)14-6-5-13-9-17(25-16(13)10-14)15-7-8-21-19-18(15)23-12(3)24-19;3-2(4,5)1(6)7/h5-11,25H,4H2,1-3H3,(H,22,26)(H,21,23,24);(H,6,7). The molecule has 0 saturated heterocycles. The summed E-state index contributed by atoms with van der Waals surface area (Å²) >= 11 is 0. The van der Waals surface area contributed by atoms with Crippen molar-refractivity contribution < 1.29 is 27.9 Å². The molecule has 174 valence electrons. The number of carboxylic acids is 1. The van der Waals surface area contributed by atoms with Crippen LogP contribution in [0.5, 0.6) is 0 Å². The van der Waals surface area contributed by atoms with Gasteiger partial charge >= 0.3 is 12.1 Å². The minimum absolute atomic E-state index is 0.0482. The molecule has 1 aromatic carbocycles. The van der Waals surface area contributed by atoms with Crippen LogP contribution in [0, 0.1) is 6.92 Å². The van der Waals surface area contributed by atoms with Gasteiger partial charge in [-0.15, -0.1) is 0 Å². The highest BCUT2D eigenvalue weighted by molar-refractivity contribution is 6.00. The van der Waals surface area contributed by atoms with Crippen molar-refractivity contribution >= 4 is 33.9 Å². The number of nitrogens with one attached hydrogen (secondary N) is 3. The number of fused-ring (bicyclic) bond motifs is 2. The minimum atomic E-state index is -5.08. The molecule has 4 aromatic rings. The van der Waals surface area contributed by atoms with Gasteiger partial charge in [0.1, 0.15) is 5.82 Å². The van der Waals surface area contributed by atoms with E-state index < -0.39 is 12.1 Å². The third-order valence-electron chi connectivity index (χ3n) is 4.92. The topological polar surface area (TPSA) is 124 Å². The van der Waals surface area contributed by atoms with Gasteiger partial charge in [0, 0.05) is 40.0 Å². The van der Waals surface area contributed by atoms with E-state index >= 15 is 0 Å². The van der Waals surface area contributed by atoms with E-state index in [0.717, 1.165) is 39.9 Å². The first-order valence-electron chi connectivity index (χ1n) is 10.0. The van der Waals surface area contributed by atoms with Crippen molar-refractivity contribution in [3.8, 4) is 11.3 Å². The highest BCUT2D eigenvalue weighted by atomic mass is 19.4. The maximum absolute atomic E-state index is 12.4. The number of amides is 1. The Labute approximate surface area is 186 Å². The Morgan fingerprint density at radius 2 is 1.88 bits per heavy atom. The van der Waals surface area contributed by atoms with Gasteiger partial charge in [-0.2, -0.15) is 13.2 Å². The maximum Gasteiger partial charge on any atom is 0.490 e. The SMILES string of the molecule is CCC(C)NC(=O)c1ccc2cc(-c3ccnc4nc(C)[nH]c34)[nH]c2c1.O=C(O)C(F)(F)F. The molecule has 0 saturated carbocycles. The second-order valence-electron chi connectivity index (χ2n) is 7.45. The zero-order valence-electron chi connectivity index (χ0n) is 18.0. The van der Waals surface area contributed by atoms with Crippen LogP contribution in [0.25, 0.3) is 33.3 Å². The van der Waals surface area contributed by atoms with Crippen molar-refractivity contribution in [2.24, 2.45) is 0 Å². The molecule has 1 unspecified atom stereocenters. The summed E-state index contributed by atoms with van der Waals surface area (Å²) in [4.78, 5) is 36.6. The van der Waals surface area contributed by atoms with E-state index in [9.17, 15) is 18.0 Å². The molecule has 0 fully saturated rings. The third kappa shape index (κ3) is 5.48. The molecule has 33 heavy (non-hydrogen) atoms. The normalized spacial score (nSPS) is 12.3. The number of H-pyrrole nitrogens is 2. The Hall–Kier alpha value is -3.89. The summed E-state index contributed by atoms with van der Waals surface area (Å²) in [6.45, 7) is 5.97. The number of carbonyl (C=O) groups excluding carboxylic acids is 1. The van der Waals surface area contributed by atoms with Crippen molar-refractivity contribution in [1.82, 2.24) is 25.3 Å². The zero-order valence-corrected chi connectivity index (χ0v) is 18.0. The summed E-state index contributed by atoms with van der Waals surface area (Å²) in [5.41, 5.74) is 5.17. The number of carbonyl (C=O) groups is 2. The van der Waals surface area contributed by atoms with E-state index in [-0.39, 0.29) is 11.9 Å². The average Bonchev–Trinajstić information content (AvgIpc) is 3.34. The van der Waals surface area contributed by atoms with Gasteiger partial charge < -0.3 is 20.4 Å². The molecular weight excluding hydrogens is 439 g/mol. The molecule has 3 aromatic heterocycles. The van der Waals surface area contributed by atoms with E-state index in [1.807, 2.05) is 38.1 Å². The van der Waals surface area contributed by atoms with Gasteiger partial charge in [0.2, 0.25) is 0 Å². The maximum atomic E-state index is 12.4. The van der Waals surface area contributed by atoms with Gasteiger partial charge in [-0.3, -0.25) is 4.79 Å². The first-order chi connectivity index (χ1) is 15.5. The largest absolute Gasteiger partial charge is 0.490 e. The lowest BCUT2D eigenvalue weighted by Crippen LogP contribution is -2.31. The van der Waals surface area contributed by atoms with E-state index in [1.165, 1.54) is 0 Å². The van der Waals surface area contributed by atoms with Gasteiger partial charge in [-0.05, 0) is 44.5 Å². The minimum Gasteiger partial charge on any atom is -0.475 e. The molecule has 4 N–H and O–H groups in total. The van der Waals surface area contributed by atoms with E-state index in [1.54, 1.807) is 6.20 Å². The number of nitrogens with zero attached hydrogens (tertiary/aromatic N) is 2. The second-order valence-corrected chi connectivity index (χ2v) is 7.45. The van der Waals surface area contributed by atoms with Crippen LogP contribution in [-0.2, 0) is 4.79 Å². The number of rotatable bonds is 4. The number of carboxylic acid groups (broad SMARTS) is 1. The van der Waals surface area contributed by atoms with Crippen LogP contribution in [-0.4, -0.2) is 49.1 Å². The molecule has 4 rings (SSSR count). The Bertz CT molecular complexity index is 1310. The molecule has 3 heterocycles. The fourth-order valence-corrected chi connectivity index (χ4v) is 3.07. The van der Waals surface area contributed by atoms with Crippen LogP contribution in [0.15, 0.2) is 36.5 Å². The zero-order chi connectivity index (χ0) is 24.3. The highest BCUT2D eigenvalue weighted by Gasteiger charge is 2.38. The molecule has 0 aliphatic carbocycles. The molecule has 11 heteroatoms. The van der Waals surface area contributed by atoms with Crippen LogP contribution in [0.1, 0.15) is 36.5 Å². The quantitative estimate of drug-likeness (QED) is 0.354. The Morgan fingerprint density at radius 3 is 2.52 bits per heavy atom. The van der Waals surface area contributed by atoms with E-state index in [2.05, 4.69) is 38.2 Å². The fourth-order valence-electron chi connectivity index (χ4n) is 3.07. The second kappa shape index (κ2) is 9.31. The molecule has 0 spiro atoms. The van der Waals surface area contributed by atoms with Gasteiger partial charge in [-0.1, -0.05) is 13.0 Å². The van der Waals surface area contributed by atoms with Crippen LogP contribution in [0.2, 0.25) is 0 Å². The number of hydrogen-bond donors (Lipinski definition) is 4.